The molecular formula is C18H24N2O3S. The number of nitrogens with one attached hydrogen (secondary N) is 1. The largest absolute Gasteiger partial charge is 0.325 e. The lowest BCUT2D eigenvalue weighted by molar-refractivity contribution is -0.139. The van der Waals surface area contributed by atoms with E-state index in [4.69, 9.17) is 0 Å². The number of thioether (sulfide) groups is 1. The van der Waals surface area contributed by atoms with Gasteiger partial charge in [-0.25, -0.2) is 0 Å². The van der Waals surface area contributed by atoms with Crippen LogP contribution < -0.4 is 5.32 Å². The first-order valence-electron chi connectivity index (χ1n) is 8.36. The molecule has 1 N–H and O–H groups in total. The van der Waals surface area contributed by atoms with Crippen LogP contribution in [0.4, 0.5) is 5.69 Å². The maximum absolute atomic E-state index is 12.1. The fourth-order valence-corrected chi connectivity index (χ4v) is 3.42. The number of hydrogen-bond acceptors (Lipinski definition) is 4. The summed E-state index contributed by atoms with van der Waals surface area (Å²) in [5.74, 6) is 0.751. The van der Waals surface area contributed by atoms with Crippen molar-refractivity contribution in [1.29, 1.82) is 0 Å². The number of amides is 3. The molecule has 5 nitrogen and oxygen atoms in total. The van der Waals surface area contributed by atoms with Crippen molar-refractivity contribution < 1.29 is 14.4 Å². The summed E-state index contributed by atoms with van der Waals surface area (Å²) < 4.78 is 0. The monoisotopic (exact) mass is 348 g/mol. The van der Waals surface area contributed by atoms with Crippen LogP contribution in [0.5, 0.6) is 0 Å². The molecule has 0 radical (unpaired) electrons. The minimum absolute atomic E-state index is 0.00579. The van der Waals surface area contributed by atoms with Crippen LogP contribution in [0, 0.1) is 0 Å². The van der Waals surface area contributed by atoms with E-state index >= 15 is 0 Å². The molecule has 1 saturated heterocycles. The number of hydrogen-bond donors (Lipinski definition) is 1. The van der Waals surface area contributed by atoms with Crippen molar-refractivity contribution in [3.05, 3.63) is 29.8 Å². The Morgan fingerprint density at radius 1 is 1.21 bits per heavy atom. The Labute approximate surface area is 147 Å². The Morgan fingerprint density at radius 3 is 2.42 bits per heavy atom. The molecule has 1 aliphatic rings. The quantitative estimate of drug-likeness (QED) is 0.579. The fourth-order valence-electron chi connectivity index (χ4n) is 2.40. The van der Waals surface area contributed by atoms with Crippen molar-refractivity contribution in [2.45, 2.75) is 51.3 Å². The highest BCUT2D eigenvalue weighted by atomic mass is 32.2. The molecule has 1 aromatic carbocycles. The highest BCUT2D eigenvalue weighted by Crippen LogP contribution is 2.19. The van der Waals surface area contributed by atoms with Gasteiger partial charge in [0.1, 0.15) is 0 Å². The number of nitrogens with zero attached hydrogens (tertiary/aromatic N) is 1. The normalized spacial score (nSPS) is 15.7. The van der Waals surface area contributed by atoms with E-state index in [1.807, 2.05) is 31.2 Å². The average Bonchev–Trinajstić information content (AvgIpc) is 2.88. The van der Waals surface area contributed by atoms with Gasteiger partial charge >= 0.3 is 0 Å². The summed E-state index contributed by atoms with van der Waals surface area (Å²) in [5, 5.41) is 2.81. The number of anilines is 1. The first-order valence-corrected chi connectivity index (χ1v) is 9.40. The fraction of sp³-hybridized carbons (Fsp3) is 0.500. The first-order chi connectivity index (χ1) is 11.5. The first kappa shape index (κ1) is 18.5. The van der Waals surface area contributed by atoms with Gasteiger partial charge in [-0.3, -0.25) is 19.3 Å². The number of benzene rings is 1. The van der Waals surface area contributed by atoms with Crippen LogP contribution >= 0.6 is 11.8 Å². The second-order valence-electron chi connectivity index (χ2n) is 5.93. The molecule has 0 saturated carbocycles. The van der Waals surface area contributed by atoms with Crippen molar-refractivity contribution in [3.8, 4) is 0 Å². The van der Waals surface area contributed by atoms with Gasteiger partial charge in [0, 0.05) is 18.5 Å². The van der Waals surface area contributed by atoms with E-state index in [0.29, 0.717) is 19.4 Å². The number of rotatable bonds is 8. The van der Waals surface area contributed by atoms with Gasteiger partial charge in [-0.05, 0) is 36.8 Å². The van der Waals surface area contributed by atoms with E-state index in [9.17, 15) is 14.4 Å². The maximum Gasteiger partial charge on any atom is 0.237 e. The van der Waals surface area contributed by atoms with Crippen LogP contribution in [-0.4, -0.2) is 33.6 Å². The van der Waals surface area contributed by atoms with Crippen LogP contribution in [0.3, 0.4) is 0 Å². The van der Waals surface area contributed by atoms with Gasteiger partial charge in [0.15, 0.2) is 0 Å². The van der Waals surface area contributed by atoms with Gasteiger partial charge in [-0.15, -0.1) is 11.8 Å². The zero-order valence-electron chi connectivity index (χ0n) is 14.2. The number of likely N-dealkylation sites (tertiary alicyclic amines) is 1. The summed E-state index contributed by atoms with van der Waals surface area (Å²) in [5.41, 5.74) is 1.60. The van der Waals surface area contributed by atoms with E-state index in [0.717, 1.165) is 29.8 Å². The topological polar surface area (TPSA) is 66.5 Å². The third-order valence-electron chi connectivity index (χ3n) is 3.95. The van der Waals surface area contributed by atoms with Crippen molar-refractivity contribution in [1.82, 2.24) is 4.90 Å². The molecule has 6 heteroatoms. The Morgan fingerprint density at radius 2 is 1.83 bits per heavy atom. The number of unbranched alkanes of at least 4 members (excludes halogenated alkanes) is 1. The smallest absolute Gasteiger partial charge is 0.237 e. The number of imide groups is 1. The van der Waals surface area contributed by atoms with Crippen LogP contribution in [0.25, 0.3) is 0 Å². The molecule has 0 unspecified atom stereocenters. The average molecular weight is 348 g/mol. The molecule has 0 aliphatic carbocycles. The van der Waals surface area contributed by atoms with E-state index < -0.39 is 0 Å². The lowest BCUT2D eigenvalue weighted by atomic mass is 10.2. The van der Waals surface area contributed by atoms with Gasteiger partial charge in [-0.1, -0.05) is 25.5 Å². The summed E-state index contributed by atoms with van der Waals surface area (Å²) in [4.78, 5) is 36.7. The second kappa shape index (κ2) is 8.87. The summed E-state index contributed by atoms with van der Waals surface area (Å²) in [6.45, 7) is 4.35. The van der Waals surface area contributed by atoms with Gasteiger partial charge < -0.3 is 5.32 Å². The van der Waals surface area contributed by atoms with Crippen molar-refractivity contribution in [2.24, 2.45) is 0 Å². The maximum atomic E-state index is 12.1. The van der Waals surface area contributed by atoms with Crippen molar-refractivity contribution >= 4 is 35.2 Å². The third-order valence-corrected chi connectivity index (χ3v) is 5.19. The summed E-state index contributed by atoms with van der Waals surface area (Å²) in [6, 6.07) is 7.29. The summed E-state index contributed by atoms with van der Waals surface area (Å²) >= 11 is 1.66. The zero-order valence-corrected chi connectivity index (χ0v) is 15.0. The van der Waals surface area contributed by atoms with Crippen LogP contribution in [0.1, 0.15) is 45.1 Å². The molecule has 130 valence electrons. The number of carbonyl (C=O) groups is 3. The van der Waals surface area contributed by atoms with Gasteiger partial charge in [0.25, 0.3) is 0 Å². The molecule has 2 rings (SSSR count). The Hall–Kier alpha value is -1.82. The molecule has 1 atom stereocenters. The van der Waals surface area contributed by atoms with E-state index in [1.165, 1.54) is 4.90 Å². The lowest BCUT2D eigenvalue weighted by Gasteiger charge is -2.15. The van der Waals surface area contributed by atoms with Gasteiger partial charge in [0.05, 0.1) is 11.8 Å². The Bertz CT molecular complexity index is 585. The standard InChI is InChI=1S/C18H24N2O3S/c1-3-4-11-24-13(2)18(23)19-15-7-5-14(6-8-15)12-20-16(21)9-10-17(20)22/h5-8,13H,3-4,9-12H2,1-2H3,(H,19,23)/t13-/m1/s1. The minimum atomic E-state index is -0.115. The Kier molecular flexibility index (Phi) is 6.85. The van der Waals surface area contributed by atoms with E-state index in [-0.39, 0.29) is 23.0 Å². The second-order valence-corrected chi connectivity index (χ2v) is 7.38. The summed E-state index contributed by atoms with van der Waals surface area (Å²) in [7, 11) is 0. The predicted molar refractivity (Wildman–Crippen MR) is 96.7 cm³/mol. The van der Waals surface area contributed by atoms with Crippen LogP contribution in [-0.2, 0) is 20.9 Å². The predicted octanol–water partition coefficient (Wildman–Crippen LogP) is 3.20. The molecule has 24 heavy (non-hydrogen) atoms. The summed E-state index contributed by atoms with van der Waals surface area (Å²) in [6.07, 6.45) is 2.86. The van der Waals surface area contributed by atoms with Gasteiger partial charge in [-0.2, -0.15) is 0 Å². The third kappa shape index (κ3) is 5.09. The highest BCUT2D eigenvalue weighted by Gasteiger charge is 2.28. The Balaban J connectivity index is 1.86. The SMILES string of the molecule is CCCCS[C@H](C)C(=O)Nc1ccc(CN2C(=O)CCC2=O)cc1. The lowest BCUT2D eigenvalue weighted by Crippen LogP contribution is -2.28. The van der Waals surface area contributed by atoms with Crippen LogP contribution in [0.2, 0.25) is 0 Å². The molecule has 3 amide bonds. The zero-order chi connectivity index (χ0) is 17.5. The van der Waals surface area contributed by atoms with Gasteiger partial charge in [0.2, 0.25) is 17.7 Å². The van der Waals surface area contributed by atoms with E-state index in [2.05, 4.69) is 12.2 Å². The molecule has 1 fully saturated rings. The molecular weight excluding hydrogens is 324 g/mol. The van der Waals surface area contributed by atoms with Crippen LogP contribution in [0.15, 0.2) is 24.3 Å². The van der Waals surface area contributed by atoms with Crippen molar-refractivity contribution in [3.63, 3.8) is 0 Å². The van der Waals surface area contributed by atoms with E-state index in [1.54, 1.807) is 11.8 Å². The molecule has 1 aliphatic heterocycles. The molecule has 0 bridgehead atoms. The molecule has 1 aromatic rings. The highest BCUT2D eigenvalue weighted by molar-refractivity contribution is 8.00. The number of carbonyl (C=O) groups excluding carboxylic acids is 3. The molecule has 0 aromatic heterocycles. The van der Waals surface area contributed by atoms with Crippen molar-refractivity contribution in [2.75, 3.05) is 11.1 Å². The minimum Gasteiger partial charge on any atom is -0.325 e. The molecule has 1 heterocycles. The molecule has 0 spiro atoms.